The average Bonchev–Trinajstić information content (AvgIpc) is 3.65. The quantitative estimate of drug-likeness (QED) is 0.173. The molecule has 5 fully saturated rings. The van der Waals surface area contributed by atoms with Crippen LogP contribution in [0.15, 0.2) is 17.8 Å². The van der Waals surface area contributed by atoms with Gasteiger partial charge in [-0.15, -0.1) is 5.10 Å². The van der Waals surface area contributed by atoms with Crippen LogP contribution < -0.4 is 0 Å². The molecule has 7 rings (SSSR count). The summed E-state index contributed by atoms with van der Waals surface area (Å²) in [7, 11) is 0. The first kappa shape index (κ1) is 47.1. The molecule has 0 bridgehead atoms. The second-order valence-electron chi connectivity index (χ2n) is 21.8. The van der Waals surface area contributed by atoms with Crippen molar-refractivity contribution in [2.24, 2.45) is 50.2 Å². The number of aliphatic hydroxyl groups excluding tert-OH is 2. The lowest BCUT2D eigenvalue weighted by Gasteiger charge is -2.71. The zero-order chi connectivity index (χ0) is 46.2. The Kier molecular flexibility index (Phi) is 12.3. The molecule has 16 nitrogen and oxygen atoms in total. The number of allylic oxidation sites excluding steroid dienone is 2. The lowest BCUT2D eigenvalue weighted by Crippen LogP contribution is -2.67. The van der Waals surface area contributed by atoms with Crippen molar-refractivity contribution in [3.05, 3.63) is 23.5 Å². The van der Waals surface area contributed by atoms with Crippen molar-refractivity contribution in [2.75, 3.05) is 6.61 Å². The van der Waals surface area contributed by atoms with Gasteiger partial charge in [0.1, 0.15) is 25.0 Å². The molecule has 2 N–H and O–H groups in total. The van der Waals surface area contributed by atoms with E-state index in [1.165, 1.54) is 23.4 Å². The van der Waals surface area contributed by atoms with Gasteiger partial charge in [0.2, 0.25) is 0 Å². The Morgan fingerprint density at radius 2 is 1.41 bits per heavy atom. The molecule has 0 aromatic carbocycles. The van der Waals surface area contributed by atoms with Crippen LogP contribution in [-0.4, -0.2) is 98.3 Å². The van der Waals surface area contributed by atoms with E-state index in [0.717, 1.165) is 59.3 Å². The Hall–Kier alpha value is -3.89. The minimum atomic E-state index is -1.39. The third-order valence-electron chi connectivity index (χ3n) is 17.1. The molecule has 1 aromatic rings. The Bertz CT molecular complexity index is 2010. The van der Waals surface area contributed by atoms with Gasteiger partial charge in [-0.1, -0.05) is 65.3 Å². The standard InChI is InChI=1S/C47H69N3O13/c1-25(51)58-24-33-36(60-26(2)52)37(61-27(3)53)38(62-28(4)54)40(63-33)50-22-29(48-49-50)23-59-41(57)47-18-16-42(5,6)20-31(47)30-12-13-35-44(9)21-32(55)39(56)43(7,8)34(44)14-15-46(35,11)45(30,10)17-19-47/h12,22,31-40,55-56H,13-21,23-24H2,1-11H3/t31-,32+,33+,34-,35+,36+,37-,38+,39-,40+,44-,45+,46+,47-/m0/s1. The van der Waals surface area contributed by atoms with E-state index >= 15 is 0 Å². The fourth-order valence-corrected chi connectivity index (χ4v) is 14.0. The van der Waals surface area contributed by atoms with Gasteiger partial charge in [0.05, 0.1) is 23.8 Å². The van der Waals surface area contributed by atoms with E-state index in [-0.39, 0.29) is 51.8 Å². The summed E-state index contributed by atoms with van der Waals surface area (Å²) in [6.45, 7) is 20.1. The molecule has 2 heterocycles. The van der Waals surface area contributed by atoms with Crippen LogP contribution >= 0.6 is 0 Å². The van der Waals surface area contributed by atoms with Crippen molar-refractivity contribution >= 4 is 29.8 Å². The number of aliphatic hydroxyl groups is 2. The molecule has 1 saturated heterocycles. The van der Waals surface area contributed by atoms with Gasteiger partial charge in [-0.2, -0.15) is 0 Å². The summed E-state index contributed by atoms with van der Waals surface area (Å²) >= 11 is 0. The number of ether oxygens (including phenoxy) is 6. The van der Waals surface area contributed by atoms with Crippen LogP contribution in [0.3, 0.4) is 0 Å². The molecule has 1 aromatic heterocycles. The fourth-order valence-electron chi connectivity index (χ4n) is 14.0. The van der Waals surface area contributed by atoms with E-state index in [1.807, 2.05) is 0 Å². The number of fused-ring (bicyclic) bond motifs is 7. The van der Waals surface area contributed by atoms with Gasteiger partial charge in [0.25, 0.3) is 0 Å². The maximum atomic E-state index is 14.8. The second kappa shape index (κ2) is 16.5. The third-order valence-corrected chi connectivity index (χ3v) is 17.1. The van der Waals surface area contributed by atoms with E-state index in [2.05, 4.69) is 64.9 Å². The Balaban J connectivity index is 1.15. The van der Waals surface area contributed by atoms with Gasteiger partial charge in [-0.25, -0.2) is 4.68 Å². The van der Waals surface area contributed by atoms with Crippen LogP contribution in [0.1, 0.15) is 146 Å². The molecule has 63 heavy (non-hydrogen) atoms. The van der Waals surface area contributed by atoms with E-state index in [4.69, 9.17) is 28.4 Å². The Morgan fingerprint density at radius 3 is 2.06 bits per heavy atom. The first-order valence-corrected chi connectivity index (χ1v) is 22.7. The summed E-state index contributed by atoms with van der Waals surface area (Å²) in [6, 6.07) is 0. The predicted molar refractivity (Wildman–Crippen MR) is 223 cm³/mol. The Labute approximate surface area is 370 Å². The highest BCUT2D eigenvalue weighted by atomic mass is 16.7. The number of hydrogen-bond acceptors (Lipinski definition) is 15. The van der Waals surface area contributed by atoms with Crippen LogP contribution in [-0.2, 0) is 59.0 Å². The molecule has 14 atom stereocenters. The molecule has 0 amide bonds. The van der Waals surface area contributed by atoms with Crippen molar-refractivity contribution < 1.29 is 62.6 Å². The highest BCUT2D eigenvalue weighted by Crippen LogP contribution is 2.76. The normalized spacial score (nSPS) is 41.2. The van der Waals surface area contributed by atoms with Crippen LogP contribution in [0.5, 0.6) is 0 Å². The third kappa shape index (κ3) is 8.01. The second-order valence-corrected chi connectivity index (χ2v) is 21.8. The summed E-state index contributed by atoms with van der Waals surface area (Å²) in [4.78, 5) is 63.6. The molecular formula is C47H69N3O13. The molecule has 5 aliphatic carbocycles. The molecule has 0 spiro atoms. The van der Waals surface area contributed by atoms with Crippen LogP contribution in [0.2, 0.25) is 0 Å². The topological polar surface area (TPSA) is 212 Å². The minimum Gasteiger partial charge on any atom is -0.463 e. The summed E-state index contributed by atoms with van der Waals surface area (Å²) < 4.78 is 35.6. The molecule has 6 aliphatic rings. The van der Waals surface area contributed by atoms with Crippen molar-refractivity contribution in [1.82, 2.24) is 15.0 Å². The van der Waals surface area contributed by atoms with Gasteiger partial charge < -0.3 is 38.6 Å². The van der Waals surface area contributed by atoms with Gasteiger partial charge in [-0.3, -0.25) is 24.0 Å². The van der Waals surface area contributed by atoms with Crippen molar-refractivity contribution in [3.63, 3.8) is 0 Å². The average molecular weight is 884 g/mol. The highest BCUT2D eigenvalue weighted by molar-refractivity contribution is 5.79. The van der Waals surface area contributed by atoms with Crippen molar-refractivity contribution in [3.8, 4) is 0 Å². The first-order valence-electron chi connectivity index (χ1n) is 22.7. The summed E-state index contributed by atoms with van der Waals surface area (Å²) in [5.41, 5.74) is 0.0845. The van der Waals surface area contributed by atoms with Crippen molar-refractivity contribution in [1.29, 1.82) is 0 Å². The lowest BCUT2D eigenvalue weighted by atomic mass is 9.33. The monoisotopic (exact) mass is 883 g/mol. The van der Waals surface area contributed by atoms with Crippen LogP contribution in [0.4, 0.5) is 0 Å². The maximum Gasteiger partial charge on any atom is 0.313 e. The number of aromatic nitrogens is 3. The van der Waals surface area contributed by atoms with Gasteiger partial charge in [-0.05, 0) is 103 Å². The Morgan fingerprint density at radius 1 is 0.778 bits per heavy atom. The smallest absolute Gasteiger partial charge is 0.313 e. The van der Waals surface area contributed by atoms with E-state index in [1.54, 1.807) is 0 Å². The molecular weight excluding hydrogens is 815 g/mol. The van der Waals surface area contributed by atoms with Crippen LogP contribution in [0, 0.1) is 50.2 Å². The van der Waals surface area contributed by atoms with E-state index in [9.17, 15) is 34.2 Å². The molecule has 16 heteroatoms. The molecule has 350 valence electrons. The van der Waals surface area contributed by atoms with Gasteiger partial charge in [0, 0.05) is 27.7 Å². The highest BCUT2D eigenvalue weighted by Gasteiger charge is 2.70. The number of nitrogens with zero attached hydrogens (tertiary/aromatic N) is 3. The summed E-state index contributed by atoms with van der Waals surface area (Å²) in [5, 5.41) is 31.0. The SMILES string of the molecule is CC(=O)OC[C@H]1O[C@@H](n2cc(COC(=O)[C@]34CCC(C)(C)C[C@H]3C3=CC[C@@H]5[C@@]6(C)C[C@@H](O)[C@H](O)C(C)(C)[C@@H]6CC[C@@]5(C)[C@]3(C)CC4)nn2)[C@H](OC(C)=O)[C@@H](OC(C)=O)[C@@H]1OC(C)=O. The first-order chi connectivity index (χ1) is 29.3. The van der Waals surface area contributed by atoms with Crippen molar-refractivity contribution in [2.45, 2.75) is 183 Å². The van der Waals surface area contributed by atoms with E-state index < -0.39 is 84.2 Å². The van der Waals surface area contributed by atoms with Crippen LogP contribution in [0.25, 0.3) is 0 Å². The minimum absolute atomic E-state index is 0.00942. The maximum absolute atomic E-state index is 14.8. The lowest BCUT2D eigenvalue weighted by molar-refractivity contribution is -0.270. The number of carbonyl (C=O) groups is 5. The fraction of sp³-hybridized carbons (Fsp3) is 0.809. The molecule has 4 saturated carbocycles. The number of hydrogen-bond donors (Lipinski definition) is 2. The van der Waals surface area contributed by atoms with Gasteiger partial charge in [0.15, 0.2) is 24.5 Å². The zero-order valence-corrected chi connectivity index (χ0v) is 38.9. The van der Waals surface area contributed by atoms with E-state index in [0.29, 0.717) is 25.2 Å². The molecule has 1 aliphatic heterocycles. The summed E-state index contributed by atoms with van der Waals surface area (Å²) in [6.07, 6.45) is 3.17. The summed E-state index contributed by atoms with van der Waals surface area (Å²) in [5.74, 6) is -2.60. The number of carbonyl (C=O) groups excluding carboxylic acids is 5. The zero-order valence-electron chi connectivity index (χ0n) is 38.9. The largest absolute Gasteiger partial charge is 0.463 e. The predicted octanol–water partition coefficient (Wildman–Crippen LogP) is 5.71. The molecule has 0 radical (unpaired) electrons. The number of rotatable bonds is 9. The van der Waals surface area contributed by atoms with Gasteiger partial charge >= 0.3 is 29.8 Å². The number of esters is 5. The molecule has 0 unspecified atom stereocenters.